The van der Waals surface area contributed by atoms with Crippen LogP contribution in [0.1, 0.15) is 37.1 Å². The monoisotopic (exact) mass is 364 g/mol. The van der Waals surface area contributed by atoms with E-state index in [0.717, 1.165) is 29.7 Å². The summed E-state index contributed by atoms with van der Waals surface area (Å²) in [5, 5.41) is 11.8. The van der Waals surface area contributed by atoms with Gasteiger partial charge in [0.2, 0.25) is 0 Å². The standard InChI is InChI=1S/C16H21BrN4O/c1-12(15-6-2-3-7-16(15)17)21-10-13(19-20-21)11-22-14-5-4-8-18-9-14/h2-3,6-7,10,12,14,18H,4-5,8-9,11H2,1H3. The van der Waals surface area contributed by atoms with E-state index >= 15 is 0 Å². The summed E-state index contributed by atoms with van der Waals surface area (Å²) in [6.07, 6.45) is 4.56. The third kappa shape index (κ3) is 3.74. The van der Waals surface area contributed by atoms with E-state index in [1.165, 1.54) is 12.0 Å². The number of halogens is 1. The molecular weight excluding hydrogens is 344 g/mol. The van der Waals surface area contributed by atoms with Gasteiger partial charge in [-0.3, -0.25) is 0 Å². The van der Waals surface area contributed by atoms with Gasteiger partial charge in [-0.2, -0.15) is 0 Å². The molecule has 1 N–H and O–H groups in total. The molecule has 2 atom stereocenters. The molecule has 0 aliphatic carbocycles. The number of aromatic nitrogens is 3. The molecular formula is C16H21BrN4O. The Morgan fingerprint density at radius 1 is 1.45 bits per heavy atom. The number of nitrogens with zero attached hydrogens (tertiary/aromatic N) is 3. The van der Waals surface area contributed by atoms with Crippen LogP contribution in [0.15, 0.2) is 34.9 Å². The molecule has 1 aliphatic heterocycles. The number of hydrogen-bond donors (Lipinski definition) is 1. The van der Waals surface area contributed by atoms with Crippen molar-refractivity contribution in [3.05, 3.63) is 46.2 Å². The summed E-state index contributed by atoms with van der Waals surface area (Å²) in [5.74, 6) is 0. The first kappa shape index (κ1) is 15.6. The van der Waals surface area contributed by atoms with Crippen LogP contribution in [-0.4, -0.2) is 34.2 Å². The summed E-state index contributed by atoms with van der Waals surface area (Å²) in [6, 6.07) is 8.32. The average molecular weight is 365 g/mol. The molecule has 0 amide bonds. The van der Waals surface area contributed by atoms with Crippen molar-refractivity contribution in [2.45, 2.75) is 38.5 Å². The minimum atomic E-state index is 0.133. The van der Waals surface area contributed by atoms with Crippen molar-refractivity contribution in [1.82, 2.24) is 20.3 Å². The van der Waals surface area contributed by atoms with Crippen LogP contribution < -0.4 is 5.32 Å². The SMILES string of the molecule is CC(c1ccccc1Br)n1cc(COC2CCCNC2)nn1. The zero-order chi connectivity index (χ0) is 15.4. The quantitative estimate of drug-likeness (QED) is 0.885. The summed E-state index contributed by atoms with van der Waals surface area (Å²) in [4.78, 5) is 0. The van der Waals surface area contributed by atoms with Gasteiger partial charge in [0.05, 0.1) is 24.9 Å². The molecule has 1 saturated heterocycles. The lowest BCUT2D eigenvalue weighted by Crippen LogP contribution is -2.35. The van der Waals surface area contributed by atoms with E-state index in [1.807, 2.05) is 29.1 Å². The van der Waals surface area contributed by atoms with Crippen LogP contribution >= 0.6 is 15.9 Å². The van der Waals surface area contributed by atoms with Crippen LogP contribution in [0.5, 0.6) is 0 Å². The highest BCUT2D eigenvalue weighted by molar-refractivity contribution is 9.10. The average Bonchev–Trinajstić information content (AvgIpc) is 3.03. The smallest absolute Gasteiger partial charge is 0.108 e. The van der Waals surface area contributed by atoms with Crippen molar-refractivity contribution in [3.8, 4) is 0 Å². The molecule has 6 heteroatoms. The van der Waals surface area contributed by atoms with Gasteiger partial charge < -0.3 is 10.1 Å². The zero-order valence-electron chi connectivity index (χ0n) is 12.7. The molecule has 1 aromatic carbocycles. The van der Waals surface area contributed by atoms with Crippen molar-refractivity contribution < 1.29 is 4.74 Å². The van der Waals surface area contributed by atoms with Gasteiger partial charge in [-0.05, 0) is 37.9 Å². The normalized spacial score (nSPS) is 20.0. The van der Waals surface area contributed by atoms with Crippen molar-refractivity contribution in [1.29, 1.82) is 0 Å². The predicted octanol–water partition coefficient (Wildman–Crippen LogP) is 2.92. The molecule has 118 valence electrons. The van der Waals surface area contributed by atoms with Gasteiger partial charge in [0.1, 0.15) is 5.69 Å². The van der Waals surface area contributed by atoms with E-state index < -0.39 is 0 Å². The second kappa shape index (κ2) is 7.35. The summed E-state index contributed by atoms with van der Waals surface area (Å²) >= 11 is 3.59. The van der Waals surface area contributed by atoms with Gasteiger partial charge in [-0.1, -0.05) is 39.3 Å². The Labute approximate surface area is 139 Å². The Kier molecular flexibility index (Phi) is 5.23. The van der Waals surface area contributed by atoms with E-state index in [0.29, 0.717) is 12.7 Å². The van der Waals surface area contributed by atoms with Crippen LogP contribution in [0.3, 0.4) is 0 Å². The fourth-order valence-corrected chi connectivity index (χ4v) is 3.31. The summed E-state index contributed by atoms with van der Waals surface area (Å²) in [6.45, 7) is 4.67. The van der Waals surface area contributed by atoms with Crippen LogP contribution in [0.2, 0.25) is 0 Å². The minimum absolute atomic E-state index is 0.133. The largest absolute Gasteiger partial charge is 0.370 e. The number of piperidine rings is 1. The number of ether oxygens (including phenoxy) is 1. The van der Waals surface area contributed by atoms with Crippen molar-refractivity contribution in [2.24, 2.45) is 0 Å². The maximum Gasteiger partial charge on any atom is 0.108 e. The lowest BCUT2D eigenvalue weighted by Gasteiger charge is -2.22. The third-order valence-corrected chi connectivity index (χ3v) is 4.75. The van der Waals surface area contributed by atoms with Crippen LogP contribution in [0.4, 0.5) is 0 Å². The highest BCUT2D eigenvalue weighted by atomic mass is 79.9. The minimum Gasteiger partial charge on any atom is -0.370 e. The molecule has 1 aliphatic rings. The molecule has 1 fully saturated rings. The molecule has 2 unspecified atom stereocenters. The first-order valence-corrected chi connectivity index (χ1v) is 8.51. The van der Waals surface area contributed by atoms with Crippen molar-refractivity contribution in [2.75, 3.05) is 13.1 Å². The highest BCUT2D eigenvalue weighted by Gasteiger charge is 2.16. The van der Waals surface area contributed by atoms with Crippen LogP contribution in [0.25, 0.3) is 0 Å². The van der Waals surface area contributed by atoms with E-state index in [4.69, 9.17) is 4.74 Å². The van der Waals surface area contributed by atoms with Crippen LogP contribution in [0, 0.1) is 0 Å². The number of nitrogens with one attached hydrogen (secondary N) is 1. The Bertz CT molecular complexity index is 610. The lowest BCUT2D eigenvalue weighted by molar-refractivity contribution is 0.0236. The fourth-order valence-electron chi connectivity index (χ4n) is 2.69. The topological polar surface area (TPSA) is 52.0 Å². The molecule has 0 bridgehead atoms. The predicted molar refractivity (Wildman–Crippen MR) is 88.7 cm³/mol. The fraction of sp³-hybridized carbons (Fsp3) is 0.500. The number of benzene rings is 1. The Morgan fingerprint density at radius 2 is 2.32 bits per heavy atom. The summed E-state index contributed by atoms with van der Waals surface area (Å²) in [5.41, 5.74) is 2.07. The van der Waals surface area contributed by atoms with Crippen LogP contribution in [-0.2, 0) is 11.3 Å². The number of rotatable bonds is 5. The van der Waals surface area contributed by atoms with E-state index in [2.05, 4.69) is 44.5 Å². The van der Waals surface area contributed by atoms with Gasteiger partial charge in [0, 0.05) is 11.0 Å². The summed E-state index contributed by atoms with van der Waals surface area (Å²) in [7, 11) is 0. The maximum absolute atomic E-state index is 5.90. The Hall–Kier alpha value is -1.24. The van der Waals surface area contributed by atoms with Gasteiger partial charge in [0.25, 0.3) is 0 Å². The molecule has 0 radical (unpaired) electrons. The molecule has 3 rings (SSSR count). The highest BCUT2D eigenvalue weighted by Crippen LogP contribution is 2.25. The third-order valence-electron chi connectivity index (χ3n) is 4.03. The Morgan fingerprint density at radius 3 is 3.09 bits per heavy atom. The van der Waals surface area contributed by atoms with Gasteiger partial charge in [-0.25, -0.2) is 4.68 Å². The molecule has 1 aromatic heterocycles. The van der Waals surface area contributed by atoms with Gasteiger partial charge >= 0.3 is 0 Å². The molecule has 5 nitrogen and oxygen atoms in total. The van der Waals surface area contributed by atoms with E-state index in [1.54, 1.807) is 0 Å². The molecule has 0 saturated carbocycles. The lowest BCUT2D eigenvalue weighted by atomic mass is 10.1. The van der Waals surface area contributed by atoms with Gasteiger partial charge in [-0.15, -0.1) is 5.10 Å². The Balaban J connectivity index is 1.62. The van der Waals surface area contributed by atoms with E-state index in [-0.39, 0.29) is 6.04 Å². The van der Waals surface area contributed by atoms with Gasteiger partial charge in [0.15, 0.2) is 0 Å². The molecule has 2 heterocycles. The molecule has 0 spiro atoms. The summed E-state index contributed by atoms with van der Waals surface area (Å²) < 4.78 is 8.88. The van der Waals surface area contributed by atoms with Crippen molar-refractivity contribution >= 4 is 15.9 Å². The molecule has 2 aromatic rings. The maximum atomic E-state index is 5.90. The first-order chi connectivity index (χ1) is 10.7. The second-order valence-electron chi connectivity index (χ2n) is 5.67. The second-order valence-corrected chi connectivity index (χ2v) is 6.52. The molecule has 22 heavy (non-hydrogen) atoms. The first-order valence-electron chi connectivity index (χ1n) is 7.71. The zero-order valence-corrected chi connectivity index (χ0v) is 14.3. The van der Waals surface area contributed by atoms with Crippen molar-refractivity contribution in [3.63, 3.8) is 0 Å². The number of hydrogen-bond acceptors (Lipinski definition) is 4. The van der Waals surface area contributed by atoms with E-state index in [9.17, 15) is 0 Å².